The average Bonchev–Trinajstić information content (AvgIpc) is 3.40. The van der Waals surface area contributed by atoms with E-state index in [0.717, 1.165) is 32.4 Å². The largest absolute Gasteiger partial charge is 0.418 e. The van der Waals surface area contributed by atoms with Crippen molar-refractivity contribution in [3.05, 3.63) is 40.1 Å². The van der Waals surface area contributed by atoms with Crippen LogP contribution in [0, 0.1) is 35.0 Å². The number of hydrazine groups is 1. The number of likely N-dealkylation sites (tertiary alicyclic amines) is 1. The molecule has 206 valence electrons. The third-order valence-corrected chi connectivity index (χ3v) is 9.44. The molecule has 0 aromatic carbocycles. The second-order valence-corrected chi connectivity index (χ2v) is 11.9. The minimum Gasteiger partial charge on any atom is -0.296 e. The van der Waals surface area contributed by atoms with E-state index >= 15 is 0 Å². The Kier molecular flexibility index (Phi) is 6.79. The Hall–Kier alpha value is -2.39. The van der Waals surface area contributed by atoms with Gasteiger partial charge in [0.1, 0.15) is 0 Å². The number of fused-ring (bicyclic) bond motifs is 1. The quantitative estimate of drug-likeness (QED) is 0.594. The van der Waals surface area contributed by atoms with Gasteiger partial charge in [-0.15, -0.1) is 0 Å². The molecule has 3 unspecified atom stereocenters. The number of rotatable bonds is 6. The number of halogens is 3. The van der Waals surface area contributed by atoms with Gasteiger partial charge in [0.25, 0.3) is 0 Å². The van der Waals surface area contributed by atoms with Gasteiger partial charge in [0.05, 0.1) is 35.9 Å². The predicted molar refractivity (Wildman–Crippen MR) is 136 cm³/mol. The molecule has 6 rings (SSSR count). The zero-order chi connectivity index (χ0) is 26.6. The summed E-state index contributed by atoms with van der Waals surface area (Å²) >= 11 is 0. The van der Waals surface area contributed by atoms with Crippen molar-refractivity contribution in [3.8, 4) is 6.07 Å². The summed E-state index contributed by atoms with van der Waals surface area (Å²) in [6.45, 7) is 2.15. The van der Waals surface area contributed by atoms with Gasteiger partial charge in [0, 0.05) is 38.1 Å². The Morgan fingerprint density at radius 2 is 1.87 bits per heavy atom. The van der Waals surface area contributed by atoms with Crippen molar-refractivity contribution in [2.24, 2.45) is 23.7 Å². The molecular formula is C27H36F3N7O. The van der Waals surface area contributed by atoms with Crippen LogP contribution in [0.2, 0.25) is 0 Å². The molecule has 0 bridgehead atoms. The van der Waals surface area contributed by atoms with Crippen LogP contribution < -0.4 is 16.5 Å². The number of pyridine rings is 1. The van der Waals surface area contributed by atoms with Crippen LogP contribution in [0.15, 0.2) is 23.3 Å². The maximum absolute atomic E-state index is 14.1. The first-order chi connectivity index (χ1) is 18.2. The second kappa shape index (κ2) is 9.97. The van der Waals surface area contributed by atoms with Crippen molar-refractivity contribution in [3.63, 3.8) is 0 Å². The van der Waals surface area contributed by atoms with Crippen LogP contribution in [0.1, 0.15) is 62.1 Å². The molecule has 2 aromatic heterocycles. The van der Waals surface area contributed by atoms with Gasteiger partial charge in [-0.2, -0.15) is 18.4 Å². The molecule has 4 atom stereocenters. The van der Waals surface area contributed by atoms with Crippen molar-refractivity contribution < 1.29 is 13.2 Å². The van der Waals surface area contributed by atoms with E-state index < -0.39 is 17.4 Å². The van der Waals surface area contributed by atoms with E-state index in [9.17, 15) is 18.0 Å². The first-order valence-electron chi connectivity index (χ1n) is 13.9. The molecule has 0 amide bonds. The summed E-state index contributed by atoms with van der Waals surface area (Å²) in [6.07, 6.45) is 6.02. The smallest absolute Gasteiger partial charge is 0.296 e. The van der Waals surface area contributed by atoms with Gasteiger partial charge in [0.15, 0.2) is 0 Å². The molecule has 8 nitrogen and oxygen atoms in total. The molecule has 4 aliphatic rings. The lowest BCUT2D eigenvalue weighted by Crippen LogP contribution is -2.50. The molecule has 0 radical (unpaired) electrons. The summed E-state index contributed by atoms with van der Waals surface area (Å²) in [6, 6.07) is 3.25. The molecule has 38 heavy (non-hydrogen) atoms. The van der Waals surface area contributed by atoms with E-state index in [2.05, 4.69) is 28.9 Å². The van der Waals surface area contributed by atoms with Gasteiger partial charge >= 0.3 is 11.9 Å². The zero-order valence-corrected chi connectivity index (χ0v) is 21.8. The van der Waals surface area contributed by atoms with Gasteiger partial charge in [-0.3, -0.25) is 18.8 Å². The molecule has 4 fully saturated rings. The topological polar surface area (TPSA) is 80.7 Å². The summed E-state index contributed by atoms with van der Waals surface area (Å²) in [7, 11) is 2.12. The van der Waals surface area contributed by atoms with Crippen molar-refractivity contribution in [2.45, 2.75) is 69.9 Å². The highest BCUT2D eigenvalue weighted by Crippen LogP contribution is 2.47. The van der Waals surface area contributed by atoms with Crippen LogP contribution in [0.5, 0.6) is 0 Å². The highest BCUT2D eigenvalue weighted by Gasteiger charge is 2.44. The van der Waals surface area contributed by atoms with Crippen LogP contribution in [-0.4, -0.2) is 51.7 Å². The summed E-state index contributed by atoms with van der Waals surface area (Å²) < 4.78 is 45.2. The maximum Gasteiger partial charge on any atom is 0.418 e. The molecule has 11 heteroatoms. The number of hydrogen-bond acceptors (Lipinski definition) is 6. The number of nitrogens with zero attached hydrogens (tertiary/aromatic N) is 5. The van der Waals surface area contributed by atoms with Gasteiger partial charge in [-0.25, -0.2) is 15.6 Å². The normalized spacial score (nSPS) is 28.8. The van der Waals surface area contributed by atoms with Crippen LogP contribution in [0.25, 0.3) is 5.52 Å². The number of imidazole rings is 1. The Morgan fingerprint density at radius 1 is 1.13 bits per heavy atom. The highest BCUT2D eigenvalue weighted by molar-refractivity contribution is 5.56. The Balaban J connectivity index is 1.30. The lowest BCUT2D eigenvalue weighted by molar-refractivity contribution is -0.136. The lowest BCUT2D eigenvalue weighted by atomic mass is 9.65. The first kappa shape index (κ1) is 25.9. The number of alkyl halides is 3. The third-order valence-electron chi connectivity index (χ3n) is 9.44. The Labute approximate surface area is 220 Å². The standard InChI is InChI=1S/C27H36F3N7O/c1-34-16-32-33-25(34)24(19-4-2-5-19)20-6-3-7-21(9-20)36-15-23-22(27(28,29)30)8-17(14-37(23)26(36)38)11-35-12-18(10-31)13-35/h8,14-15,18-21,24-25,32-33H,2-7,9,11-13,16H2,1H3/t20?,21?,24-,25?/m1/s1. The summed E-state index contributed by atoms with van der Waals surface area (Å²) in [5.74, 6) is 1.42. The Morgan fingerprint density at radius 3 is 2.50 bits per heavy atom. The van der Waals surface area contributed by atoms with Gasteiger partial charge in [-0.05, 0) is 55.7 Å². The fourth-order valence-corrected chi connectivity index (χ4v) is 7.28. The minimum absolute atomic E-state index is 0.0798. The van der Waals surface area contributed by atoms with E-state index in [1.807, 2.05) is 4.90 Å². The molecule has 0 spiro atoms. The van der Waals surface area contributed by atoms with Gasteiger partial charge in [0.2, 0.25) is 0 Å². The van der Waals surface area contributed by atoms with Crippen molar-refractivity contribution in [1.82, 2.24) is 29.6 Å². The summed E-state index contributed by atoms with van der Waals surface area (Å²) in [5.41, 5.74) is 5.91. The monoisotopic (exact) mass is 531 g/mol. The molecule has 2 saturated heterocycles. The van der Waals surface area contributed by atoms with Crippen LogP contribution in [-0.2, 0) is 12.7 Å². The van der Waals surface area contributed by atoms with E-state index in [1.54, 1.807) is 10.8 Å². The molecule has 2 aliphatic heterocycles. The fraction of sp³-hybridized carbons (Fsp3) is 0.704. The summed E-state index contributed by atoms with van der Waals surface area (Å²) in [5, 5.41) is 9.02. The van der Waals surface area contributed by atoms with E-state index in [-0.39, 0.29) is 23.6 Å². The van der Waals surface area contributed by atoms with E-state index in [4.69, 9.17) is 5.26 Å². The number of aromatic nitrogens is 2. The SMILES string of the molecule is CN1CNNC1[C@H](C1CCC1)C1CCCC(n2cc3c(C(F)(F)F)cc(CN4CC(C#N)C4)cn3c2=O)C1. The van der Waals surface area contributed by atoms with Crippen molar-refractivity contribution in [2.75, 3.05) is 26.8 Å². The molecule has 2 aliphatic carbocycles. The fourth-order valence-electron chi connectivity index (χ4n) is 7.28. The van der Waals surface area contributed by atoms with E-state index in [1.165, 1.54) is 35.9 Å². The summed E-state index contributed by atoms with van der Waals surface area (Å²) in [4.78, 5) is 17.8. The zero-order valence-electron chi connectivity index (χ0n) is 21.8. The molecule has 2 aromatic rings. The highest BCUT2D eigenvalue weighted by atomic mass is 19.4. The van der Waals surface area contributed by atoms with Crippen LogP contribution >= 0.6 is 0 Å². The van der Waals surface area contributed by atoms with Gasteiger partial charge < -0.3 is 0 Å². The van der Waals surface area contributed by atoms with E-state index in [0.29, 0.717) is 43.0 Å². The maximum atomic E-state index is 14.1. The van der Waals surface area contributed by atoms with Gasteiger partial charge in [-0.1, -0.05) is 25.7 Å². The van der Waals surface area contributed by atoms with Crippen molar-refractivity contribution in [1.29, 1.82) is 5.26 Å². The number of nitriles is 1. The average molecular weight is 532 g/mol. The van der Waals surface area contributed by atoms with Crippen LogP contribution in [0.3, 0.4) is 0 Å². The Bertz CT molecular complexity index is 1270. The molecule has 2 saturated carbocycles. The lowest BCUT2D eigenvalue weighted by Gasteiger charge is -2.46. The third kappa shape index (κ3) is 4.66. The van der Waals surface area contributed by atoms with Crippen molar-refractivity contribution >= 4 is 5.52 Å². The predicted octanol–water partition coefficient (Wildman–Crippen LogP) is 3.55. The molecule has 4 heterocycles. The molecule has 2 N–H and O–H groups in total. The molecular weight excluding hydrogens is 495 g/mol. The first-order valence-corrected chi connectivity index (χ1v) is 13.9. The number of hydrogen-bond donors (Lipinski definition) is 2. The minimum atomic E-state index is -4.57. The van der Waals surface area contributed by atoms with Crippen LogP contribution in [0.4, 0.5) is 13.2 Å². The second-order valence-electron chi connectivity index (χ2n) is 11.9. The number of nitrogens with one attached hydrogen (secondary N) is 2.